The highest BCUT2D eigenvalue weighted by atomic mass is 16.5. The SMILES string of the molecule is O=C(O)C1CN(C(=O)C2COc3ccccc3C2)CC1c1ccccc1. The summed E-state index contributed by atoms with van der Waals surface area (Å²) in [5.41, 5.74) is 2.01. The van der Waals surface area contributed by atoms with E-state index in [4.69, 9.17) is 4.74 Å². The molecule has 5 heteroatoms. The minimum absolute atomic E-state index is 0.0100. The first-order valence-corrected chi connectivity index (χ1v) is 8.90. The quantitative estimate of drug-likeness (QED) is 0.923. The van der Waals surface area contributed by atoms with Crippen molar-refractivity contribution >= 4 is 11.9 Å². The summed E-state index contributed by atoms with van der Waals surface area (Å²) in [5, 5.41) is 9.62. The molecular weight excluding hydrogens is 330 g/mol. The first-order chi connectivity index (χ1) is 12.6. The normalized spacial score (nSPS) is 24.6. The molecule has 4 rings (SSSR count). The summed E-state index contributed by atoms with van der Waals surface area (Å²) in [5.74, 6) is -1.02. The molecule has 134 valence electrons. The lowest BCUT2D eigenvalue weighted by Gasteiger charge is -2.28. The number of aliphatic carboxylic acids is 1. The van der Waals surface area contributed by atoms with Gasteiger partial charge in [0.05, 0.1) is 11.8 Å². The van der Waals surface area contributed by atoms with E-state index in [1.807, 2.05) is 54.6 Å². The minimum Gasteiger partial charge on any atom is -0.492 e. The van der Waals surface area contributed by atoms with Gasteiger partial charge in [0.2, 0.25) is 5.91 Å². The molecular formula is C21H21NO4. The Morgan fingerprint density at radius 3 is 2.50 bits per heavy atom. The first-order valence-electron chi connectivity index (χ1n) is 8.90. The van der Waals surface area contributed by atoms with E-state index >= 15 is 0 Å². The number of carbonyl (C=O) groups is 2. The summed E-state index contributed by atoms with van der Waals surface area (Å²) >= 11 is 0. The van der Waals surface area contributed by atoms with Gasteiger partial charge in [-0.15, -0.1) is 0 Å². The summed E-state index contributed by atoms with van der Waals surface area (Å²) in [6.07, 6.45) is 0.638. The number of amides is 1. The molecule has 1 saturated heterocycles. The molecule has 2 aromatic carbocycles. The van der Waals surface area contributed by atoms with Crippen LogP contribution in [0.15, 0.2) is 54.6 Å². The number of hydrogen-bond donors (Lipinski definition) is 1. The third-order valence-corrected chi connectivity index (χ3v) is 5.40. The molecule has 0 aromatic heterocycles. The van der Waals surface area contributed by atoms with Gasteiger partial charge in [-0.1, -0.05) is 48.5 Å². The predicted octanol–water partition coefficient (Wildman–Crippen LogP) is 2.56. The van der Waals surface area contributed by atoms with Crippen molar-refractivity contribution in [3.05, 3.63) is 65.7 Å². The van der Waals surface area contributed by atoms with Crippen LogP contribution >= 0.6 is 0 Å². The molecule has 0 radical (unpaired) electrons. The number of likely N-dealkylation sites (tertiary alicyclic amines) is 1. The van der Waals surface area contributed by atoms with Crippen molar-refractivity contribution in [3.8, 4) is 5.75 Å². The number of fused-ring (bicyclic) bond motifs is 1. The van der Waals surface area contributed by atoms with Crippen LogP contribution in [-0.4, -0.2) is 41.6 Å². The summed E-state index contributed by atoms with van der Waals surface area (Å²) < 4.78 is 5.74. The maximum Gasteiger partial charge on any atom is 0.308 e. The van der Waals surface area contributed by atoms with Gasteiger partial charge in [-0.05, 0) is 23.6 Å². The second kappa shape index (κ2) is 6.83. The van der Waals surface area contributed by atoms with Gasteiger partial charge in [-0.2, -0.15) is 0 Å². The van der Waals surface area contributed by atoms with Crippen molar-refractivity contribution < 1.29 is 19.4 Å². The lowest BCUT2D eigenvalue weighted by molar-refractivity contribution is -0.142. The fourth-order valence-corrected chi connectivity index (χ4v) is 4.02. The van der Waals surface area contributed by atoms with E-state index in [0.717, 1.165) is 16.9 Å². The molecule has 2 aliphatic heterocycles. The number of nitrogens with zero attached hydrogens (tertiary/aromatic N) is 1. The molecule has 0 spiro atoms. The van der Waals surface area contributed by atoms with E-state index in [2.05, 4.69) is 0 Å². The van der Waals surface area contributed by atoms with E-state index < -0.39 is 11.9 Å². The second-order valence-electron chi connectivity index (χ2n) is 7.02. The summed E-state index contributed by atoms with van der Waals surface area (Å²) in [6.45, 7) is 1.05. The molecule has 2 aliphatic rings. The highest BCUT2D eigenvalue weighted by Crippen LogP contribution is 2.35. The summed E-state index contributed by atoms with van der Waals surface area (Å²) in [7, 11) is 0. The first kappa shape index (κ1) is 16.6. The zero-order chi connectivity index (χ0) is 18.1. The van der Waals surface area contributed by atoms with Crippen molar-refractivity contribution in [1.29, 1.82) is 0 Å². The third kappa shape index (κ3) is 3.05. The van der Waals surface area contributed by atoms with Crippen LogP contribution in [0.1, 0.15) is 17.0 Å². The lowest BCUT2D eigenvalue weighted by atomic mass is 9.89. The maximum atomic E-state index is 13.0. The molecule has 2 aromatic rings. The second-order valence-corrected chi connectivity index (χ2v) is 7.02. The Labute approximate surface area is 152 Å². The average molecular weight is 351 g/mol. The van der Waals surface area contributed by atoms with Crippen LogP contribution < -0.4 is 4.74 Å². The van der Waals surface area contributed by atoms with Gasteiger partial charge in [0.15, 0.2) is 0 Å². The lowest BCUT2D eigenvalue weighted by Crippen LogP contribution is -2.40. The van der Waals surface area contributed by atoms with Crippen molar-refractivity contribution in [2.24, 2.45) is 11.8 Å². The van der Waals surface area contributed by atoms with Gasteiger partial charge < -0.3 is 14.7 Å². The topological polar surface area (TPSA) is 66.8 Å². The van der Waals surface area contributed by atoms with Crippen LogP contribution in [0.5, 0.6) is 5.75 Å². The largest absolute Gasteiger partial charge is 0.492 e. The average Bonchev–Trinajstić information content (AvgIpc) is 3.13. The molecule has 0 aliphatic carbocycles. The number of carboxylic acid groups (broad SMARTS) is 1. The van der Waals surface area contributed by atoms with E-state index in [1.165, 1.54) is 0 Å². The van der Waals surface area contributed by atoms with E-state index in [9.17, 15) is 14.7 Å². The Balaban J connectivity index is 1.51. The number of carbonyl (C=O) groups excluding carboxylic acids is 1. The molecule has 1 N–H and O–H groups in total. The van der Waals surface area contributed by atoms with Crippen molar-refractivity contribution in [2.45, 2.75) is 12.3 Å². The standard InChI is InChI=1S/C21H21NO4/c23-20(16-10-15-8-4-5-9-19(15)26-13-16)22-11-17(18(12-22)21(24)25)14-6-2-1-3-7-14/h1-9,16-18H,10-13H2,(H,24,25). The molecule has 3 unspecified atom stereocenters. The van der Waals surface area contributed by atoms with Crippen LogP contribution in [0, 0.1) is 11.8 Å². The number of ether oxygens (including phenoxy) is 1. The Hall–Kier alpha value is -2.82. The van der Waals surface area contributed by atoms with Crippen molar-refractivity contribution in [1.82, 2.24) is 4.90 Å². The zero-order valence-corrected chi connectivity index (χ0v) is 14.4. The molecule has 2 heterocycles. The van der Waals surface area contributed by atoms with Gasteiger partial charge >= 0.3 is 5.97 Å². The van der Waals surface area contributed by atoms with Gasteiger partial charge in [0, 0.05) is 19.0 Å². The highest BCUT2D eigenvalue weighted by molar-refractivity contribution is 5.82. The number of carboxylic acids is 1. The van der Waals surface area contributed by atoms with Gasteiger partial charge in [0.25, 0.3) is 0 Å². The predicted molar refractivity (Wildman–Crippen MR) is 96.0 cm³/mol. The van der Waals surface area contributed by atoms with Crippen LogP contribution in [-0.2, 0) is 16.0 Å². The highest BCUT2D eigenvalue weighted by Gasteiger charge is 2.42. The van der Waals surface area contributed by atoms with Crippen molar-refractivity contribution in [3.63, 3.8) is 0 Å². The van der Waals surface area contributed by atoms with Crippen molar-refractivity contribution in [2.75, 3.05) is 19.7 Å². The number of hydrogen-bond acceptors (Lipinski definition) is 3. The molecule has 0 bridgehead atoms. The summed E-state index contributed by atoms with van der Waals surface area (Å²) in [4.78, 5) is 26.4. The van der Waals surface area contributed by atoms with Crippen LogP contribution in [0.2, 0.25) is 0 Å². The smallest absolute Gasteiger partial charge is 0.308 e. The molecule has 1 fully saturated rings. The van der Waals surface area contributed by atoms with E-state index in [-0.39, 0.29) is 24.3 Å². The van der Waals surface area contributed by atoms with Gasteiger partial charge in [-0.25, -0.2) is 0 Å². The third-order valence-electron chi connectivity index (χ3n) is 5.40. The molecule has 1 amide bonds. The number of rotatable bonds is 3. The maximum absolute atomic E-state index is 13.0. The van der Waals surface area contributed by atoms with Crippen LogP contribution in [0.25, 0.3) is 0 Å². The molecule has 26 heavy (non-hydrogen) atoms. The number of benzene rings is 2. The van der Waals surface area contributed by atoms with Gasteiger partial charge in [0.1, 0.15) is 12.4 Å². The summed E-state index contributed by atoms with van der Waals surface area (Å²) in [6, 6.07) is 17.4. The van der Waals surface area contributed by atoms with Crippen LogP contribution in [0.3, 0.4) is 0 Å². The number of para-hydroxylation sites is 1. The fourth-order valence-electron chi connectivity index (χ4n) is 4.02. The van der Waals surface area contributed by atoms with Gasteiger partial charge in [-0.3, -0.25) is 9.59 Å². The Bertz CT molecular complexity index is 820. The molecule has 5 nitrogen and oxygen atoms in total. The minimum atomic E-state index is -0.848. The molecule has 3 atom stereocenters. The Morgan fingerprint density at radius 2 is 1.73 bits per heavy atom. The Kier molecular flexibility index (Phi) is 4.37. The van der Waals surface area contributed by atoms with Crippen LogP contribution in [0.4, 0.5) is 0 Å². The fraction of sp³-hybridized carbons (Fsp3) is 0.333. The van der Waals surface area contributed by atoms with E-state index in [0.29, 0.717) is 19.6 Å². The molecule has 0 saturated carbocycles. The monoisotopic (exact) mass is 351 g/mol. The zero-order valence-electron chi connectivity index (χ0n) is 14.4. The Morgan fingerprint density at radius 1 is 1.00 bits per heavy atom. The van der Waals surface area contributed by atoms with E-state index in [1.54, 1.807) is 4.90 Å².